The van der Waals surface area contributed by atoms with Crippen LogP contribution < -0.4 is 10.1 Å². The van der Waals surface area contributed by atoms with Crippen molar-refractivity contribution >= 4 is 0 Å². The molecule has 0 radical (unpaired) electrons. The van der Waals surface area contributed by atoms with E-state index in [-0.39, 0.29) is 6.10 Å². The SMILES string of the molecule is CCCC(C)Oc1cncc(CNC(C)C)n1. The molecule has 96 valence electrons. The lowest BCUT2D eigenvalue weighted by Crippen LogP contribution is -2.22. The van der Waals surface area contributed by atoms with Crippen LogP contribution in [0.25, 0.3) is 0 Å². The summed E-state index contributed by atoms with van der Waals surface area (Å²) in [5, 5.41) is 3.31. The van der Waals surface area contributed by atoms with Crippen molar-refractivity contribution in [2.75, 3.05) is 0 Å². The van der Waals surface area contributed by atoms with E-state index < -0.39 is 0 Å². The molecule has 1 atom stereocenters. The van der Waals surface area contributed by atoms with Crippen molar-refractivity contribution in [1.29, 1.82) is 0 Å². The molecule has 1 aromatic heterocycles. The summed E-state index contributed by atoms with van der Waals surface area (Å²) >= 11 is 0. The summed E-state index contributed by atoms with van der Waals surface area (Å²) in [5.74, 6) is 0.619. The van der Waals surface area contributed by atoms with Crippen LogP contribution in [0.3, 0.4) is 0 Å². The summed E-state index contributed by atoms with van der Waals surface area (Å²) in [4.78, 5) is 8.57. The van der Waals surface area contributed by atoms with E-state index in [0.29, 0.717) is 11.9 Å². The molecule has 0 bridgehead atoms. The largest absolute Gasteiger partial charge is 0.474 e. The Balaban J connectivity index is 2.53. The highest BCUT2D eigenvalue weighted by atomic mass is 16.5. The van der Waals surface area contributed by atoms with Crippen molar-refractivity contribution in [2.45, 2.75) is 59.2 Å². The third-order valence-electron chi connectivity index (χ3n) is 2.37. The fraction of sp³-hybridized carbons (Fsp3) is 0.692. The van der Waals surface area contributed by atoms with Crippen LogP contribution in [-0.2, 0) is 6.54 Å². The average molecular weight is 237 g/mol. The number of rotatable bonds is 7. The molecule has 1 unspecified atom stereocenters. The molecule has 1 heterocycles. The van der Waals surface area contributed by atoms with Crippen LogP contribution in [0.2, 0.25) is 0 Å². The van der Waals surface area contributed by atoms with Crippen molar-refractivity contribution < 1.29 is 4.74 Å². The van der Waals surface area contributed by atoms with E-state index in [4.69, 9.17) is 4.74 Å². The second kappa shape index (κ2) is 7.22. The zero-order chi connectivity index (χ0) is 12.7. The van der Waals surface area contributed by atoms with E-state index >= 15 is 0 Å². The van der Waals surface area contributed by atoms with Gasteiger partial charge < -0.3 is 10.1 Å². The smallest absolute Gasteiger partial charge is 0.232 e. The molecule has 0 aromatic carbocycles. The predicted molar refractivity (Wildman–Crippen MR) is 69.0 cm³/mol. The summed E-state index contributed by atoms with van der Waals surface area (Å²) in [6.07, 6.45) is 5.79. The third-order valence-corrected chi connectivity index (χ3v) is 2.37. The lowest BCUT2D eigenvalue weighted by atomic mass is 10.2. The van der Waals surface area contributed by atoms with Gasteiger partial charge >= 0.3 is 0 Å². The fourth-order valence-electron chi connectivity index (χ4n) is 1.51. The molecule has 1 rings (SSSR count). The maximum absolute atomic E-state index is 5.70. The molecule has 0 fully saturated rings. The first-order chi connectivity index (χ1) is 8.11. The van der Waals surface area contributed by atoms with Crippen LogP contribution in [0.4, 0.5) is 0 Å². The number of hydrogen-bond donors (Lipinski definition) is 1. The second-order valence-electron chi connectivity index (χ2n) is 4.60. The van der Waals surface area contributed by atoms with Crippen LogP contribution in [0, 0.1) is 0 Å². The van der Waals surface area contributed by atoms with Gasteiger partial charge in [-0.2, -0.15) is 0 Å². The van der Waals surface area contributed by atoms with Crippen LogP contribution in [0.1, 0.15) is 46.2 Å². The molecule has 4 nitrogen and oxygen atoms in total. The summed E-state index contributed by atoms with van der Waals surface area (Å²) < 4.78 is 5.70. The van der Waals surface area contributed by atoms with Gasteiger partial charge in [-0.25, -0.2) is 4.98 Å². The first kappa shape index (κ1) is 13.9. The van der Waals surface area contributed by atoms with Gasteiger partial charge in [0, 0.05) is 18.8 Å². The van der Waals surface area contributed by atoms with Gasteiger partial charge in [-0.3, -0.25) is 4.98 Å². The molecular formula is C13H23N3O. The maximum atomic E-state index is 5.70. The van der Waals surface area contributed by atoms with Gasteiger partial charge in [-0.1, -0.05) is 27.2 Å². The quantitative estimate of drug-likeness (QED) is 0.791. The topological polar surface area (TPSA) is 47.0 Å². The minimum atomic E-state index is 0.197. The number of nitrogens with one attached hydrogen (secondary N) is 1. The maximum Gasteiger partial charge on any atom is 0.232 e. The van der Waals surface area contributed by atoms with E-state index in [0.717, 1.165) is 25.1 Å². The van der Waals surface area contributed by atoms with Gasteiger partial charge in [-0.15, -0.1) is 0 Å². The van der Waals surface area contributed by atoms with Crippen molar-refractivity contribution in [3.63, 3.8) is 0 Å². The standard InChI is InChI=1S/C13H23N3O/c1-5-6-11(4)17-13-9-14-7-12(16-13)8-15-10(2)3/h7,9-11,15H,5-6,8H2,1-4H3. The average Bonchev–Trinajstić information content (AvgIpc) is 2.27. The first-order valence-electron chi connectivity index (χ1n) is 6.32. The molecule has 1 aromatic rings. The lowest BCUT2D eigenvalue weighted by molar-refractivity contribution is 0.200. The molecule has 0 aliphatic carbocycles. The monoisotopic (exact) mass is 237 g/mol. The lowest BCUT2D eigenvalue weighted by Gasteiger charge is -2.13. The Morgan fingerprint density at radius 1 is 1.29 bits per heavy atom. The van der Waals surface area contributed by atoms with Gasteiger partial charge in [0.15, 0.2) is 0 Å². The Bertz CT molecular complexity index is 328. The molecule has 0 amide bonds. The van der Waals surface area contributed by atoms with Crippen LogP contribution in [0.5, 0.6) is 5.88 Å². The van der Waals surface area contributed by atoms with E-state index in [2.05, 4.69) is 43.0 Å². The van der Waals surface area contributed by atoms with Crippen LogP contribution >= 0.6 is 0 Å². The van der Waals surface area contributed by atoms with Crippen molar-refractivity contribution in [3.05, 3.63) is 18.1 Å². The van der Waals surface area contributed by atoms with Crippen molar-refractivity contribution in [2.24, 2.45) is 0 Å². The first-order valence-corrected chi connectivity index (χ1v) is 6.32. The summed E-state index contributed by atoms with van der Waals surface area (Å²) in [6, 6.07) is 0.445. The normalized spacial score (nSPS) is 12.8. The third kappa shape index (κ3) is 5.63. The van der Waals surface area contributed by atoms with E-state index in [1.165, 1.54) is 0 Å². The zero-order valence-corrected chi connectivity index (χ0v) is 11.2. The minimum absolute atomic E-state index is 0.197. The second-order valence-corrected chi connectivity index (χ2v) is 4.60. The molecule has 17 heavy (non-hydrogen) atoms. The molecule has 0 saturated heterocycles. The molecular weight excluding hydrogens is 214 g/mol. The Labute approximate surface area is 104 Å². The number of ether oxygens (including phenoxy) is 1. The van der Waals surface area contributed by atoms with Gasteiger partial charge in [-0.05, 0) is 13.3 Å². The summed E-state index contributed by atoms with van der Waals surface area (Å²) in [5.41, 5.74) is 0.917. The number of nitrogens with zero attached hydrogens (tertiary/aromatic N) is 2. The van der Waals surface area contributed by atoms with Crippen molar-refractivity contribution in [3.8, 4) is 5.88 Å². The molecule has 0 saturated carbocycles. The van der Waals surface area contributed by atoms with E-state index in [1.54, 1.807) is 12.4 Å². The zero-order valence-electron chi connectivity index (χ0n) is 11.2. The summed E-state index contributed by atoms with van der Waals surface area (Å²) in [6.45, 7) is 9.15. The van der Waals surface area contributed by atoms with E-state index in [1.807, 2.05) is 0 Å². The highest BCUT2D eigenvalue weighted by molar-refractivity contribution is 5.08. The van der Waals surface area contributed by atoms with Crippen LogP contribution in [0.15, 0.2) is 12.4 Å². The Morgan fingerprint density at radius 2 is 2.06 bits per heavy atom. The van der Waals surface area contributed by atoms with Gasteiger partial charge in [0.1, 0.15) is 0 Å². The Hall–Kier alpha value is -1.16. The Morgan fingerprint density at radius 3 is 2.71 bits per heavy atom. The molecule has 1 N–H and O–H groups in total. The molecule has 0 aliphatic rings. The molecule has 0 spiro atoms. The predicted octanol–water partition coefficient (Wildman–Crippen LogP) is 2.54. The van der Waals surface area contributed by atoms with Gasteiger partial charge in [0.05, 0.1) is 18.0 Å². The summed E-state index contributed by atoms with van der Waals surface area (Å²) in [7, 11) is 0. The number of aromatic nitrogens is 2. The number of hydrogen-bond acceptors (Lipinski definition) is 4. The van der Waals surface area contributed by atoms with Gasteiger partial charge in [0.2, 0.25) is 5.88 Å². The Kier molecular flexibility index (Phi) is 5.91. The fourth-order valence-corrected chi connectivity index (χ4v) is 1.51. The molecule has 0 aliphatic heterocycles. The highest BCUT2D eigenvalue weighted by Gasteiger charge is 2.05. The highest BCUT2D eigenvalue weighted by Crippen LogP contribution is 2.10. The van der Waals surface area contributed by atoms with E-state index in [9.17, 15) is 0 Å². The van der Waals surface area contributed by atoms with Crippen molar-refractivity contribution in [1.82, 2.24) is 15.3 Å². The molecule has 4 heteroatoms. The minimum Gasteiger partial charge on any atom is -0.474 e. The van der Waals surface area contributed by atoms with Gasteiger partial charge in [0.25, 0.3) is 0 Å². The van der Waals surface area contributed by atoms with Crippen LogP contribution in [-0.4, -0.2) is 22.1 Å².